The molecule has 1 amide bonds. The fourth-order valence-corrected chi connectivity index (χ4v) is 2.52. The average Bonchev–Trinajstić information content (AvgIpc) is 2.46. The molecule has 0 unspecified atom stereocenters. The van der Waals surface area contributed by atoms with Crippen molar-refractivity contribution in [3.8, 4) is 0 Å². The number of unbranched alkanes of at least 4 members (excludes halogenated alkanes) is 1. The summed E-state index contributed by atoms with van der Waals surface area (Å²) >= 11 is 3.46. The summed E-state index contributed by atoms with van der Waals surface area (Å²) in [5.41, 5.74) is 0.737. The van der Waals surface area contributed by atoms with Crippen LogP contribution in [-0.4, -0.2) is 24.4 Å². The van der Waals surface area contributed by atoms with Crippen LogP contribution >= 0.6 is 15.9 Å². The molecule has 0 spiro atoms. The molecule has 3 heteroatoms. The van der Waals surface area contributed by atoms with Gasteiger partial charge in [-0.25, -0.2) is 0 Å². The molecule has 2 rings (SSSR count). The maximum absolute atomic E-state index is 12.3. The summed E-state index contributed by atoms with van der Waals surface area (Å²) < 4.78 is 1.05. The van der Waals surface area contributed by atoms with E-state index in [0.717, 1.165) is 40.2 Å². The Kier molecular flexibility index (Phi) is 4.96. The number of fused-ring (bicyclic) bond motifs is 1. The van der Waals surface area contributed by atoms with E-state index in [4.69, 9.17) is 0 Å². The van der Waals surface area contributed by atoms with Gasteiger partial charge in [-0.15, -0.1) is 6.58 Å². The Morgan fingerprint density at radius 1 is 1.25 bits per heavy atom. The van der Waals surface area contributed by atoms with Crippen LogP contribution < -0.4 is 0 Å². The number of halogens is 1. The van der Waals surface area contributed by atoms with Gasteiger partial charge in [0.05, 0.1) is 0 Å². The molecular formula is C17H18BrNO. The fourth-order valence-electron chi connectivity index (χ4n) is 2.14. The molecule has 0 atom stereocenters. The highest BCUT2D eigenvalue weighted by molar-refractivity contribution is 9.10. The largest absolute Gasteiger partial charge is 0.342 e. The highest BCUT2D eigenvalue weighted by atomic mass is 79.9. The summed E-state index contributed by atoms with van der Waals surface area (Å²) in [4.78, 5) is 14.1. The molecule has 0 fully saturated rings. The van der Waals surface area contributed by atoms with Crippen molar-refractivity contribution in [1.29, 1.82) is 0 Å². The van der Waals surface area contributed by atoms with Crippen molar-refractivity contribution in [2.45, 2.75) is 12.8 Å². The van der Waals surface area contributed by atoms with E-state index in [9.17, 15) is 4.79 Å². The van der Waals surface area contributed by atoms with Gasteiger partial charge in [0.2, 0.25) is 0 Å². The first-order valence-electron chi connectivity index (χ1n) is 6.67. The summed E-state index contributed by atoms with van der Waals surface area (Å²) in [5.74, 6) is 0.0684. The Morgan fingerprint density at radius 3 is 2.70 bits per heavy atom. The second-order valence-corrected chi connectivity index (χ2v) is 5.78. The van der Waals surface area contributed by atoms with Gasteiger partial charge < -0.3 is 4.90 Å². The maximum atomic E-state index is 12.3. The van der Waals surface area contributed by atoms with Crippen molar-refractivity contribution >= 4 is 32.6 Å². The summed E-state index contributed by atoms with van der Waals surface area (Å²) in [7, 11) is 1.84. The van der Waals surface area contributed by atoms with Crippen LogP contribution in [0.3, 0.4) is 0 Å². The molecule has 0 radical (unpaired) electrons. The van der Waals surface area contributed by atoms with Gasteiger partial charge in [0.1, 0.15) is 0 Å². The SMILES string of the molecule is C=CCCCN(C)C(=O)c1ccc2cc(Br)ccc2c1. The third kappa shape index (κ3) is 3.48. The van der Waals surface area contributed by atoms with Gasteiger partial charge >= 0.3 is 0 Å². The molecule has 0 aromatic heterocycles. The zero-order chi connectivity index (χ0) is 14.5. The van der Waals surface area contributed by atoms with Gasteiger partial charge in [0.15, 0.2) is 0 Å². The molecule has 0 saturated carbocycles. The third-order valence-corrected chi connectivity index (χ3v) is 3.79. The van der Waals surface area contributed by atoms with Crippen LogP contribution in [0, 0.1) is 0 Å². The van der Waals surface area contributed by atoms with Crippen LogP contribution in [0.2, 0.25) is 0 Å². The van der Waals surface area contributed by atoms with E-state index in [1.54, 1.807) is 4.90 Å². The number of amides is 1. The Hall–Kier alpha value is -1.61. The van der Waals surface area contributed by atoms with E-state index < -0.39 is 0 Å². The number of allylic oxidation sites excluding steroid dienone is 1. The fraction of sp³-hybridized carbons (Fsp3) is 0.235. The summed E-state index contributed by atoms with van der Waals surface area (Å²) in [6.45, 7) is 4.45. The summed E-state index contributed by atoms with van der Waals surface area (Å²) in [6, 6.07) is 11.9. The lowest BCUT2D eigenvalue weighted by atomic mass is 10.1. The van der Waals surface area contributed by atoms with E-state index >= 15 is 0 Å². The van der Waals surface area contributed by atoms with E-state index in [1.807, 2.05) is 43.5 Å². The number of hydrogen-bond donors (Lipinski definition) is 0. The molecule has 0 aliphatic heterocycles. The minimum absolute atomic E-state index is 0.0684. The van der Waals surface area contributed by atoms with E-state index in [1.165, 1.54) is 0 Å². The molecule has 0 heterocycles. The second-order valence-electron chi connectivity index (χ2n) is 4.86. The van der Waals surface area contributed by atoms with Gasteiger partial charge in [-0.1, -0.05) is 34.1 Å². The first-order valence-corrected chi connectivity index (χ1v) is 7.47. The first-order chi connectivity index (χ1) is 9.61. The van der Waals surface area contributed by atoms with Crippen LogP contribution in [-0.2, 0) is 0 Å². The Balaban J connectivity index is 2.17. The first kappa shape index (κ1) is 14.8. The quantitative estimate of drug-likeness (QED) is 0.577. The molecule has 0 N–H and O–H groups in total. The van der Waals surface area contributed by atoms with Crippen molar-refractivity contribution in [2.75, 3.05) is 13.6 Å². The van der Waals surface area contributed by atoms with Gasteiger partial charge in [0, 0.05) is 23.6 Å². The maximum Gasteiger partial charge on any atom is 0.253 e. The van der Waals surface area contributed by atoms with Crippen LogP contribution in [0.25, 0.3) is 10.8 Å². The average molecular weight is 332 g/mol. The number of carbonyl (C=O) groups is 1. The smallest absolute Gasteiger partial charge is 0.253 e. The normalized spacial score (nSPS) is 10.5. The minimum atomic E-state index is 0.0684. The van der Waals surface area contributed by atoms with E-state index in [2.05, 4.69) is 28.6 Å². The summed E-state index contributed by atoms with van der Waals surface area (Å²) in [5, 5.41) is 2.21. The third-order valence-electron chi connectivity index (χ3n) is 3.30. The van der Waals surface area contributed by atoms with Crippen molar-refractivity contribution in [3.63, 3.8) is 0 Å². The number of hydrogen-bond acceptors (Lipinski definition) is 1. The van der Waals surface area contributed by atoms with Crippen molar-refractivity contribution in [1.82, 2.24) is 4.90 Å². The monoisotopic (exact) mass is 331 g/mol. The number of nitrogens with zero attached hydrogens (tertiary/aromatic N) is 1. The van der Waals surface area contributed by atoms with Crippen molar-refractivity contribution in [3.05, 3.63) is 59.1 Å². The van der Waals surface area contributed by atoms with Gasteiger partial charge in [-0.2, -0.15) is 0 Å². The molecule has 2 nitrogen and oxygen atoms in total. The topological polar surface area (TPSA) is 20.3 Å². The van der Waals surface area contributed by atoms with Gasteiger partial charge in [0.25, 0.3) is 5.91 Å². The van der Waals surface area contributed by atoms with E-state index in [0.29, 0.717) is 0 Å². The molecule has 0 bridgehead atoms. The molecule has 0 saturated heterocycles. The standard InChI is InChI=1S/C17H18BrNO/c1-3-4-5-10-19(2)17(20)15-7-6-14-12-16(18)9-8-13(14)11-15/h3,6-9,11-12H,1,4-5,10H2,2H3. The zero-order valence-electron chi connectivity index (χ0n) is 11.6. The van der Waals surface area contributed by atoms with E-state index in [-0.39, 0.29) is 5.91 Å². The van der Waals surface area contributed by atoms with Crippen LogP contribution in [0.1, 0.15) is 23.2 Å². The highest BCUT2D eigenvalue weighted by Crippen LogP contribution is 2.21. The number of rotatable bonds is 5. The minimum Gasteiger partial charge on any atom is -0.342 e. The van der Waals surface area contributed by atoms with Crippen molar-refractivity contribution in [2.24, 2.45) is 0 Å². The van der Waals surface area contributed by atoms with Gasteiger partial charge in [-0.3, -0.25) is 4.79 Å². The van der Waals surface area contributed by atoms with Crippen LogP contribution in [0.5, 0.6) is 0 Å². The highest BCUT2D eigenvalue weighted by Gasteiger charge is 2.11. The molecule has 2 aromatic carbocycles. The molecule has 104 valence electrons. The lowest BCUT2D eigenvalue weighted by Gasteiger charge is -2.17. The Bertz CT molecular complexity index is 636. The molecule has 2 aromatic rings. The summed E-state index contributed by atoms with van der Waals surface area (Å²) in [6.07, 6.45) is 3.77. The molecular weight excluding hydrogens is 314 g/mol. The Morgan fingerprint density at radius 2 is 1.95 bits per heavy atom. The number of benzene rings is 2. The lowest BCUT2D eigenvalue weighted by molar-refractivity contribution is 0.0794. The second kappa shape index (κ2) is 6.71. The molecule has 0 aliphatic rings. The Labute approximate surface area is 128 Å². The number of carbonyl (C=O) groups excluding carboxylic acids is 1. The lowest BCUT2D eigenvalue weighted by Crippen LogP contribution is -2.27. The predicted molar refractivity (Wildman–Crippen MR) is 88.0 cm³/mol. The predicted octanol–water partition coefficient (Wildman–Crippen LogP) is 4.64. The van der Waals surface area contributed by atoms with Gasteiger partial charge in [-0.05, 0) is 47.9 Å². The van der Waals surface area contributed by atoms with Crippen molar-refractivity contribution < 1.29 is 4.79 Å². The van der Waals surface area contributed by atoms with Crippen LogP contribution in [0.4, 0.5) is 0 Å². The zero-order valence-corrected chi connectivity index (χ0v) is 13.2. The molecule has 20 heavy (non-hydrogen) atoms. The van der Waals surface area contributed by atoms with Crippen LogP contribution in [0.15, 0.2) is 53.5 Å². The molecule has 0 aliphatic carbocycles.